The molecule has 2 heteroatoms. The van der Waals surface area contributed by atoms with E-state index in [0.717, 1.165) is 0 Å². The minimum Gasteiger partial charge on any atom is -0.466 e. The van der Waals surface area contributed by atoms with Gasteiger partial charge in [0.25, 0.3) is 0 Å². The molecule has 0 aromatic heterocycles. The first-order valence-electron chi connectivity index (χ1n) is 5.78. The Kier molecular flexibility index (Phi) is 2.32. The molecule has 0 aliphatic heterocycles. The van der Waals surface area contributed by atoms with Gasteiger partial charge in [0, 0.05) is 0 Å². The molecule has 2 aliphatic rings. The van der Waals surface area contributed by atoms with Gasteiger partial charge in [0.1, 0.15) is 0 Å². The molecule has 1 spiro atoms. The van der Waals surface area contributed by atoms with Gasteiger partial charge in [0.05, 0.1) is 13.0 Å². The lowest BCUT2D eigenvalue weighted by Crippen LogP contribution is -2.27. The van der Waals surface area contributed by atoms with Gasteiger partial charge in [-0.05, 0) is 43.4 Å². The molecular formula is C12H20O2. The highest BCUT2D eigenvalue weighted by atomic mass is 16.5. The topological polar surface area (TPSA) is 26.3 Å². The molecule has 2 fully saturated rings. The summed E-state index contributed by atoms with van der Waals surface area (Å²) >= 11 is 0. The molecule has 2 saturated carbocycles. The van der Waals surface area contributed by atoms with Crippen LogP contribution in [0.25, 0.3) is 0 Å². The third kappa shape index (κ3) is 1.45. The maximum Gasteiger partial charge on any atom is 0.306 e. The Bertz CT molecular complexity index is 243. The molecule has 0 saturated heterocycles. The Morgan fingerprint density at radius 3 is 2.57 bits per heavy atom. The third-order valence-corrected chi connectivity index (χ3v) is 4.36. The van der Waals surface area contributed by atoms with Crippen LogP contribution in [0.2, 0.25) is 0 Å². The Balaban J connectivity index is 1.98. The van der Waals surface area contributed by atoms with Crippen molar-refractivity contribution in [1.82, 2.24) is 0 Å². The number of hydrogen-bond donors (Lipinski definition) is 0. The molecule has 0 aromatic rings. The number of hydrogen-bond acceptors (Lipinski definition) is 2. The Morgan fingerprint density at radius 2 is 2.00 bits per heavy atom. The van der Waals surface area contributed by atoms with Gasteiger partial charge in [-0.3, -0.25) is 4.79 Å². The van der Waals surface area contributed by atoms with Crippen LogP contribution in [0.1, 0.15) is 52.4 Å². The molecule has 1 atom stereocenters. The molecule has 14 heavy (non-hydrogen) atoms. The van der Waals surface area contributed by atoms with Crippen molar-refractivity contribution >= 4 is 5.97 Å². The van der Waals surface area contributed by atoms with Gasteiger partial charge in [-0.1, -0.05) is 13.3 Å². The monoisotopic (exact) mass is 196 g/mol. The van der Waals surface area contributed by atoms with Crippen LogP contribution in [-0.4, -0.2) is 12.6 Å². The number of rotatable bonds is 3. The lowest BCUT2D eigenvalue weighted by Gasteiger charge is -2.30. The summed E-state index contributed by atoms with van der Waals surface area (Å²) < 4.78 is 5.05. The van der Waals surface area contributed by atoms with Crippen molar-refractivity contribution < 1.29 is 9.53 Å². The van der Waals surface area contributed by atoms with Crippen molar-refractivity contribution in [2.45, 2.75) is 52.4 Å². The second-order valence-electron chi connectivity index (χ2n) is 5.18. The first-order valence-corrected chi connectivity index (χ1v) is 5.78. The molecule has 80 valence electrons. The maximum absolute atomic E-state index is 11.5. The normalized spacial score (nSPS) is 33.3. The molecule has 0 radical (unpaired) electrons. The molecule has 2 nitrogen and oxygen atoms in total. The lowest BCUT2D eigenvalue weighted by atomic mass is 9.74. The summed E-state index contributed by atoms with van der Waals surface area (Å²) in [5, 5.41) is 0. The SMILES string of the molecule is CCOC(=O)CC1(C)CCCC12CC2. The zero-order valence-corrected chi connectivity index (χ0v) is 9.27. The van der Waals surface area contributed by atoms with Gasteiger partial charge in [0.2, 0.25) is 0 Å². The quantitative estimate of drug-likeness (QED) is 0.649. The van der Waals surface area contributed by atoms with Gasteiger partial charge in [-0.15, -0.1) is 0 Å². The van der Waals surface area contributed by atoms with Gasteiger partial charge in [-0.2, -0.15) is 0 Å². The predicted octanol–water partition coefficient (Wildman–Crippen LogP) is 2.91. The van der Waals surface area contributed by atoms with Crippen LogP contribution >= 0.6 is 0 Å². The van der Waals surface area contributed by atoms with Crippen LogP contribution in [0.3, 0.4) is 0 Å². The smallest absolute Gasteiger partial charge is 0.306 e. The highest BCUT2D eigenvalue weighted by molar-refractivity contribution is 5.70. The summed E-state index contributed by atoms with van der Waals surface area (Å²) in [5.41, 5.74) is 0.777. The van der Waals surface area contributed by atoms with Crippen LogP contribution in [0, 0.1) is 10.8 Å². The summed E-state index contributed by atoms with van der Waals surface area (Å²) in [6, 6.07) is 0. The van der Waals surface area contributed by atoms with E-state index in [1.807, 2.05) is 6.92 Å². The van der Waals surface area contributed by atoms with Crippen LogP contribution in [0.5, 0.6) is 0 Å². The van der Waals surface area contributed by atoms with E-state index in [2.05, 4.69) is 6.92 Å². The van der Waals surface area contributed by atoms with Crippen molar-refractivity contribution in [2.75, 3.05) is 6.61 Å². The summed E-state index contributed by atoms with van der Waals surface area (Å²) in [4.78, 5) is 11.5. The van der Waals surface area contributed by atoms with Gasteiger partial charge in [0.15, 0.2) is 0 Å². The fraction of sp³-hybridized carbons (Fsp3) is 0.917. The van der Waals surface area contributed by atoms with E-state index in [1.54, 1.807) is 0 Å². The summed E-state index contributed by atoms with van der Waals surface area (Å²) in [6.07, 6.45) is 7.16. The molecule has 0 heterocycles. The zero-order chi connectivity index (χ0) is 10.2. The molecule has 0 amide bonds. The molecule has 0 N–H and O–H groups in total. The van der Waals surface area contributed by atoms with E-state index in [1.165, 1.54) is 32.1 Å². The average Bonchev–Trinajstić information content (AvgIpc) is 2.79. The molecule has 0 aromatic carbocycles. The maximum atomic E-state index is 11.5. The average molecular weight is 196 g/mol. The Labute approximate surface area is 86.0 Å². The predicted molar refractivity (Wildman–Crippen MR) is 54.9 cm³/mol. The second-order valence-corrected chi connectivity index (χ2v) is 5.18. The van der Waals surface area contributed by atoms with Crippen molar-refractivity contribution in [1.29, 1.82) is 0 Å². The Hall–Kier alpha value is -0.530. The number of esters is 1. The number of carbonyl (C=O) groups is 1. The Morgan fingerprint density at radius 1 is 1.29 bits per heavy atom. The van der Waals surface area contributed by atoms with Crippen molar-refractivity contribution in [2.24, 2.45) is 10.8 Å². The van der Waals surface area contributed by atoms with Crippen LogP contribution in [0.4, 0.5) is 0 Å². The first kappa shape index (κ1) is 10.0. The fourth-order valence-electron chi connectivity index (χ4n) is 3.19. The number of ether oxygens (including phenoxy) is 1. The van der Waals surface area contributed by atoms with E-state index in [0.29, 0.717) is 18.4 Å². The first-order chi connectivity index (χ1) is 6.62. The molecule has 2 rings (SSSR count). The zero-order valence-electron chi connectivity index (χ0n) is 9.27. The van der Waals surface area contributed by atoms with Gasteiger partial charge < -0.3 is 4.74 Å². The molecule has 1 unspecified atom stereocenters. The standard InChI is InChI=1S/C12H20O2/c1-3-14-10(13)9-11(2)5-4-6-12(11)7-8-12/h3-9H2,1-2H3. The molecular weight excluding hydrogens is 176 g/mol. The van der Waals surface area contributed by atoms with Gasteiger partial charge in [-0.25, -0.2) is 0 Å². The van der Waals surface area contributed by atoms with E-state index in [-0.39, 0.29) is 11.4 Å². The largest absolute Gasteiger partial charge is 0.466 e. The van der Waals surface area contributed by atoms with Crippen LogP contribution in [0.15, 0.2) is 0 Å². The van der Waals surface area contributed by atoms with Crippen LogP contribution in [-0.2, 0) is 9.53 Å². The molecule has 0 bridgehead atoms. The van der Waals surface area contributed by atoms with Crippen molar-refractivity contribution in [3.05, 3.63) is 0 Å². The van der Waals surface area contributed by atoms with Crippen molar-refractivity contribution in [3.63, 3.8) is 0 Å². The highest BCUT2D eigenvalue weighted by Gasteiger charge is 2.59. The van der Waals surface area contributed by atoms with Gasteiger partial charge >= 0.3 is 5.97 Å². The van der Waals surface area contributed by atoms with E-state index >= 15 is 0 Å². The van der Waals surface area contributed by atoms with Crippen LogP contribution < -0.4 is 0 Å². The van der Waals surface area contributed by atoms with Crippen molar-refractivity contribution in [3.8, 4) is 0 Å². The fourth-order valence-corrected chi connectivity index (χ4v) is 3.19. The summed E-state index contributed by atoms with van der Waals surface area (Å²) in [6.45, 7) is 4.67. The third-order valence-electron chi connectivity index (χ3n) is 4.36. The minimum atomic E-state index is 0.00294. The second kappa shape index (κ2) is 3.25. The lowest BCUT2D eigenvalue weighted by molar-refractivity contribution is -0.146. The molecule has 2 aliphatic carbocycles. The van der Waals surface area contributed by atoms with E-state index in [9.17, 15) is 4.79 Å². The summed E-state index contributed by atoms with van der Waals surface area (Å²) in [7, 11) is 0. The summed E-state index contributed by atoms with van der Waals surface area (Å²) in [5.74, 6) is 0.00294. The minimum absolute atomic E-state index is 0.00294. The van der Waals surface area contributed by atoms with E-state index < -0.39 is 0 Å². The number of carbonyl (C=O) groups excluding carboxylic acids is 1. The highest BCUT2D eigenvalue weighted by Crippen LogP contribution is 2.68. The van der Waals surface area contributed by atoms with E-state index in [4.69, 9.17) is 4.74 Å².